The van der Waals surface area contributed by atoms with Gasteiger partial charge < -0.3 is 50.4 Å². The highest BCUT2D eigenvalue weighted by atomic mass is 79.9. The fourth-order valence-corrected chi connectivity index (χ4v) is 5.83. The third kappa shape index (κ3) is 41.1. The molecule has 17 heteroatoms. The molecule has 0 bridgehead atoms. The van der Waals surface area contributed by atoms with Crippen LogP contribution in [0.25, 0.3) is 0 Å². The summed E-state index contributed by atoms with van der Waals surface area (Å²) in [5.74, 6) is -2.41. The highest BCUT2D eigenvalue weighted by Crippen LogP contribution is 2.14. The minimum atomic E-state index is -1.06. The zero-order chi connectivity index (χ0) is 42.0. The first-order chi connectivity index (χ1) is 27.6. The van der Waals surface area contributed by atoms with Gasteiger partial charge in [-0.15, -0.1) is 0 Å². The molecule has 57 heavy (non-hydrogen) atoms. The Morgan fingerprint density at radius 3 is 1.26 bits per heavy atom. The van der Waals surface area contributed by atoms with Gasteiger partial charge in [-0.1, -0.05) is 93.0 Å². The zero-order valence-corrected chi connectivity index (χ0v) is 35.9. The van der Waals surface area contributed by atoms with Gasteiger partial charge in [0, 0.05) is 45.3 Å². The van der Waals surface area contributed by atoms with Crippen LogP contribution < -0.4 is 21.3 Å². The molecule has 0 heterocycles. The SMILES string of the molecule is O=C(O)CCCCCCCCCCCCCCCCC(=O)N[C@@H](CCCCNC(=O)CCOCCOCCNC(=O)CCOCCOCCNC(=O)CBr)C(=O)O. The molecule has 0 fully saturated rings. The Labute approximate surface area is 348 Å². The fourth-order valence-electron chi connectivity index (χ4n) is 5.63. The average Bonchev–Trinajstić information content (AvgIpc) is 3.18. The first-order valence-electron chi connectivity index (χ1n) is 21.1. The molecule has 0 unspecified atom stereocenters. The van der Waals surface area contributed by atoms with E-state index in [4.69, 9.17) is 24.1 Å². The molecule has 16 nitrogen and oxygen atoms in total. The molecule has 0 spiro atoms. The number of nitrogens with one attached hydrogen (secondary N) is 4. The van der Waals surface area contributed by atoms with Gasteiger partial charge in [0.05, 0.1) is 58.2 Å². The van der Waals surface area contributed by atoms with Gasteiger partial charge in [0.15, 0.2) is 0 Å². The predicted octanol–water partition coefficient (Wildman–Crippen LogP) is 4.64. The minimum Gasteiger partial charge on any atom is -0.481 e. The predicted molar refractivity (Wildman–Crippen MR) is 220 cm³/mol. The zero-order valence-electron chi connectivity index (χ0n) is 34.3. The molecule has 0 aliphatic carbocycles. The monoisotopic (exact) mass is 880 g/mol. The van der Waals surface area contributed by atoms with Crippen molar-refractivity contribution in [1.29, 1.82) is 0 Å². The van der Waals surface area contributed by atoms with Crippen LogP contribution in [0.15, 0.2) is 0 Å². The summed E-state index contributed by atoms with van der Waals surface area (Å²) in [5, 5.41) is 29.3. The number of halogens is 1. The van der Waals surface area contributed by atoms with E-state index in [1.807, 2.05) is 0 Å². The van der Waals surface area contributed by atoms with Crippen molar-refractivity contribution in [2.24, 2.45) is 0 Å². The number of ether oxygens (including phenoxy) is 4. The van der Waals surface area contributed by atoms with Gasteiger partial charge in [-0.3, -0.25) is 24.0 Å². The second-order valence-corrected chi connectivity index (χ2v) is 14.5. The molecule has 0 radical (unpaired) electrons. The van der Waals surface area contributed by atoms with Gasteiger partial charge in [0.2, 0.25) is 23.6 Å². The summed E-state index contributed by atoms with van der Waals surface area (Å²) in [6.07, 6.45) is 17.8. The van der Waals surface area contributed by atoms with E-state index in [9.17, 15) is 33.9 Å². The minimum absolute atomic E-state index is 0.0997. The Kier molecular flexibility index (Phi) is 39.2. The van der Waals surface area contributed by atoms with Crippen LogP contribution >= 0.6 is 15.9 Å². The van der Waals surface area contributed by atoms with Gasteiger partial charge in [-0.2, -0.15) is 0 Å². The molecule has 0 aromatic heterocycles. The van der Waals surface area contributed by atoms with Crippen molar-refractivity contribution in [3.8, 4) is 0 Å². The van der Waals surface area contributed by atoms with Crippen molar-refractivity contribution in [1.82, 2.24) is 21.3 Å². The lowest BCUT2D eigenvalue weighted by molar-refractivity contribution is -0.142. The van der Waals surface area contributed by atoms with Crippen molar-refractivity contribution >= 4 is 51.5 Å². The van der Waals surface area contributed by atoms with Crippen LogP contribution in [0.2, 0.25) is 0 Å². The summed E-state index contributed by atoms with van der Waals surface area (Å²) < 4.78 is 21.5. The standard InChI is InChI=1S/C40H73BrN4O12/c41-33-38(49)44-24-28-57-32-30-55-26-21-36(47)43-23-27-56-31-29-54-25-20-35(46)42-22-16-15-17-34(40(52)53)45-37(48)18-13-11-9-7-5-3-1-2-4-6-8-10-12-14-19-39(50)51/h34H,1-33H2,(H,42,46)(H,43,47)(H,44,49)(H,45,48)(H,50,51)(H,52,53)/t34-/m0/s1. The number of rotatable bonds is 43. The Morgan fingerprint density at radius 2 is 0.825 bits per heavy atom. The summed E-state index contributed by atoms with van der Waals surface area (Å²) in [7, 11) is 0. The lowest BCUT2D eigenvalue weighted by Gasteiger charge is -2.14. The second-order valence-electron chi connectivity index (χ2n) is 13.9. The summed E-state index contributed by atoms with van der Waals surface area (Å²) in [4.78, 5) is 69.5. The molecule has 4 amide bonds. The van der Waals surface area contributed by atoms with Crippen LogP contribution in [0.1, 0.15) is 135 Å². The van der Waals surface area contributed by atoms with Crippen LogP contribution in [0.4, 0.5) is 0 Å². The van der Waals surface area contributed by atoms with Gasteiger partial charge >= 0.3 is 11.9 Å². The van der Waals surface area contributed by atoms with Gasteiger partial charge in [-0.25, -0.2) is 4.79 Å². The first-order valence-corrected chi connectivity index (χ1v) is 22.2. The Balaban J connectivity index is 3.59. The quantitative estimate of drug-likeness (QED) is 0.0364. The number of amides is 4. The first kappa shape index (κ1) is 54.1. The molecule has 0 saturated heterocycles. The smallest absolute Gasteiger partial charge is 0.326 e. The van der Waals surface area contributed by atoms with E-state index in [1.165, 1.54) is 44.9 Å². The van der Waals surface area contributed by atoms with Crippen molar-refractivity contribution in [2.75, 3.05) is 77.8 Å². The van der Waals surface area contributed by atoms with Gasteiger partial charge in [0.25, 0.3) is 0 Å². The van der Waals surface area contributed by atoms with E-state index in [1.54, 1.807) is 0 Å². The summed E-state index contributed by atoms with van der Waals surface area (Å²) in [5.41, 5.74) is 0. The number of carbonyl (C=O) groups excluding carboxylic acids is 4. The molecule has 0 aliphatic rings. The lowest BCUT2D eigenvalue weighted by atomic mass is 10.0. The number of unbranched alkanes of at least 4 members (excludes halogenated alkanes) is 14. The fraction of sp³-hybridized carbons (Fsp3) is 0.850. The van der Waals surface area contributed by atoms with E-state index in [2.05, 4.69) is 37.2 Å². The summed E-state index contributed by atoms with van der Waals surface area (Å²) in [6.45, 7) is 3.79. The van der Waals surface area contributed by atoms with Crippen LogP contribution in [-0.4, -0.2) is 130 Å². The van der Waals surface area contributed by atoms with E-state index in [-0.39, 0.29) is 61.4 Å². The van der Waals surface area contributed by atoms with Crippen molar-refractivity contribution < 1.29 is 57.9 Å². The molecule has 0 aromatic carbocycles. The summed E-state index contributed by atoms with van der Waals surface area (Å²) >= 11 is 3.06. The van der Waals surface area contributed by atoms with Crippen LogP contribution in [-0.2, 0) is 47.7 Å². The maximum absolute atomic E-state index is 12.3. The second kappa shape index (κ2) is 41.3. The molecular weight excluding hydrogens is 808 g/mol. The number of hydrogen-bond donors (Lipinski definition) is 6. The largest absolute Gasteiger partial charge is 0.481 e. The number of hydrogen-bond acceptors (Lipinski definition) is 10. The van der Waals surface area contributed by atoms with Crippen molar-refractivity contribution in [3.05, 3.63) is 0 Å². The number of aliphatic carboxylic acids is 2. The highest BCUT2D eigenvalue weighted by molar-refractivity contribution is 9.09. The molecule has 0 saturated carbocycles. The van der Waals surface area contributed by atoms with Crippen LogP contribution in [0.3, 0.4) is 0 Å². The van der Waals surface area contributed by atoms with E-state index < -0.39 is 18.0 Å². The maximum Gasteiger partial charge on any atom is 0.326 e. The highest BCUT2D eigenvalue weighted by Gasteiger charge is 2.19. The third-order valence-electron chi connectivity index (χ3n) is 8.87. The van der Waals surface area contributed by atoms with Gasteiger partial charge in [-0.05, 0) is 32.1 Å². The maximum atomic E-state index is 12.3. The van der Waals surface area contributed by atoms with Crippen molar-refractivity contribution in [2.45, 2.75) is 141 Å². The molecule has 1 atom stereocenters. The normalized spacial score (nSPS) is 11.5. The van der Waals surface area contributed by atoms with Gasteiger partial charge in [0.1, 0.15) is 6.04 Å². The van der Waals surface area contributed by atoms with E-state index >= 15 is 0 Å². The third-order valence-corrected chi connectivity index (χ3v) is 9.38. The van der Waals surface area contributed by atoms with E-state index in [0.717, 1.165) is 44.9 Å². The number of carboxylic acids is 2. The van der Waals surface area contributed by atoms with E-state index in [0.29, 0.717) is 85.0 Å². The Bertz CT molecular complexity index is 1060. The number of carboxylic acid groups (broad SMARTS) is 2. The topological polar surface area (TPSA) is 228 Å². The van der Waals surface area contributed by atoms with Crippen LogP contribution in [0.5, 0.6) is 0 Å². The lowest BCUT2D eigenvalue weighted by Crippen LogP contribution is -2.40. The number of alkyl halides is 1. The molecule has 332 valence electrons. The average molecular weight is 882 g/mol. The Hall–Kier alpha value is -2.86. The molecule has 0 aliphatic heterocycles. The van der Waals surface area contributed by atoms with Crippen molar-refractivity contribution in [3.63, 3.8) is 0 Å². The number of carbonyl (C=O) groups is 6. The molecule has 0 aromatic rings. The summed E-state index contributed by atoms with van der Waals surface area (Å²) in [6, 6.07) is -0.939. The van der Waals surface area contributed by atoms with Crippen LogP contribution in [0, 0.1) is 0 Å². The molecule has 6 N–H and O–H groups in total. The molecular formula is C40H73BrN4O12. The Morgan fingerprint density at radius 1 is 0.421 bits per heavy atom. The molecule has 0 rings (SSSR count).